The van der Waals surface area contributed by atoms with Crippen LogP contribution in [0.2, 0.25) is 0 Å². The van der Waals surface area contributed by atoms with Gasteiger partial charge in [-0.25, -0.2) is 13.1 Å². The number of ether oxygens (including phenoxy) is 2. The van der Waals surface area contributed by atoms with Gasteiger partial charge in [-0.05, 0) is 42.8 Å². The number of thioether (sulfide) groups is 1. The first-order valence-electron chi connectivity index (χ1n) is 11.1. The molecular weight excluding hydrogens is 518 g/mol. The van der Waals surface area contributed by atoms with Crippen molar-refractivity contribution in [2.45, 2.75) is 12.5 Å². The van der Waals surface area contributed by atoms with Gasteiger partial charge in [-0.1, -0.05) is 42.2 Å². The van der Waals surface area contributed by atoms with Crippen LogP contribution in [-0.4, -0.2) is 65.1 Å². The molecular formula is C25H23N3O5S3. The topological polar surface area (TPSA) is 90.7 Å². The second kappa shape index (κ2) is 9.72. The van der Waals surface area contributed by atoms with E-state index in [0.717, 1.165) is 11.3 Å². The molecule has 2 aromatic carbocycles. The van der Waals surface area contributed by atoms with E-state index in [4.69, 9.17) is 26.8 Å². The van der Waals surface area contributed by atoms with Gasteiger partial charge in [-0.3, -0.25) is 9.69 Å². The van der Waals surface area contributed by atoms with Crippen LogP contribution in [0.15, 0.2) is 59.6 Å². The van der Waals surface area contributed by atoms with Crippen molar-refractivity contribution in [3.8, 4) is 28.4 Å². The van der Waals surface area contributed by atoms with E-state index in [9.17, 15) is 13.2 Å². The lowest BCUT2D eigenvalue weighted by molar-refractivity contribution is -0.123. The van der Waals surface area contributed by atoms with Crippen LogP contribution in [0.3, 0.4) is 0 Å². The number of nitrogens with zero attached hydrogens (tertiary/aromatic N) is 3. The summed E-state index contributed by atoms with van der Waals surface area (Å²) < 4.78 is 36.9. The standard InChI is InChI=1S/C25H23N3O5S3/c1-32-20-9-8-16(12-21(20)33-2)23-17(14-27(26-23)18-6-4-3-5-7-18)13-22-24(29)28(25(34)35-22)19-10-11-36(30,31)15-19/h3-9,12-14,19H,10-11,15H2,1-2H3/b22-13-/t19-/m1/s1. The molecule has 0 bridgehead atoms. The quantitative estimate of drug-likeness (QED) is 0.342. The number of amides is 1. The summed E-state index contributed by atoms with van der Waals surface area (Å²) in [6.07, 6.45) is 4.01. The van der Waals surface area contributed by atoms with Gasteiger partial charge in [-0.2, -0.15) is 5.10 Å². The number of hydrogen-bond acceptors (Lipinski definition) is 8. The Morgan fingerprint density at radius 2 is 1.86 bits per heavy atom. The van der Waals surface area contributed by atoms with Crippen LogP contribution in [0.4, 0.5) is 0 Å². The number of para-hydroxylation sites is 1. The highest BCUT2D eigenvalue weighted by Crippen LogP contribution is 2.39. The van der Waals surface area contributed by atoms with Crippen molar-refractivity contribution in [2.24, 2.45) is 0 Å². The molecule has 0 spiro atoms. The lowest BCUT2D eigenvalue weighted by Crippen LogP contribution is -2.39. The van der Waals surface area contributed by atoms with Crippen LogP contribution < -0.4 is 9.47 Å². The van der Waals surface area contributed by atoms with E-state index in [1.54, 1.807) is 31.0 Å². The van der Waals surface area contributed by atoms with Crippen LogP contribution in [0.5, 0.6) is 11.5 Å². The summed E-state index contributed by atoms with van der Waals surface area (Å²) in [6, 6.07) is 14.8. The monoisotopic (exact) mass is 541 g/mol. The minimum atomic E-state index is -3.16. The average molecular weight is 542 g/mol. The Bertz CT molecular complexity index is 1480. The number of carbonyl (C=O) groups is 1. The van der Waals surface area contributed by atoms with Gasteiger partial charge in [0.2, 0.25) is 0 Å². The van der Waals surface area contributed by atoms with Crippen molar-refractivity contribution in [2.75, 3.05) is 25.7 Å². The Morgan fingerprint density at radius 1 is 1.11 bits per heavy atom. The molecule has 1 aromatic heterocycles. The fraction of sp³-hybridized carbons (Fsp3) is 0.240. The Kier molecular flexibility index (Phi) is 6.62. The number of methoxy groups -OCH3 is 2. The highest BCUT2D eigenvalue weighted by molar-refractivity contribution is 8.26. The molecule has 186 valence electrons. The molecule has 2 saturated heterocycles. The molecule has 0 radical (unpaired) electrons. The number of aromatic nitrogens is 2. The van der Waals surface area contributed by atoms with Crippen LogP contribution in [0, 0.1) is 0 Å². The maximum absolute atomic E-state index is 13.3. The fourth-order valence-electron chi connectivity index (χ4n) is 4.33. The summed E-state index contributed by atoms with van der Waals surface area (Å²) in [5.41, 5.74) is 3.01. The van der Waals surface area contributed by atoms with E-state index >= 15 is 0 Å². The molecule has 8 nitrogen and oxygen atoms in total. The van der Waals surface area contributed by atoms with Gasteiger partial charge in [0.25, 0.3) is 5.91 Å². The molecule has 1 amide bonds. The lowest BCUT2D eigenvalue weighted by Gasteiger charge is -2.20. The first kappa shape index (κ1) is 24.5. The van der Waals surface area contributed by atoms with Gasteiger partial charge in [0.1, 0.15) is 10.0 Å². The van der Waals surface area contributed by atoms with Crippen molar-refractivity contribution >= 4 is 50.1 Å². The molecule has 2 fully saturated rings. The van der Waals surface area contributed by atoms with Crippen LogP contribution in [-0.2, 0) is 14.6 Å². The first-order valence-corrected chi connectivity index (χ1v) is 14.2. The van der Waals surface area contributed by atoms with Crippen molar-refractivity contribution in [1.82, 2.24) is 14.7 Å². The zero-order chi connectivity index (χ0) is 25.4. The third kappa shape index (κ3) is 4.65. The SMILES string of the molecule is COc1ccc(-c2nn(-c3ccccc3)cc2/C=C2\SC(=S)N([C@@H]3CCS(=O)(=O)C3)C2=O)cc1OC. The minimum absolute atomic E-state index is 0.0600. The minimum Gasteiger partial charge on any atom is -0.493 e. The van der Waals surface area contributed by atoms with E-state index < -0.39 is 15.9 Å². The molecule has 36 heavy (non-hydrogen) atoms. The molecule has 3 aromatic rings. The van der Waals surface area contributed by atoms with Crippen LogP contribution in [0.25, 0.3) is 23.0 Å². The third-order valence-corrected chi connectivity index (χ3v) is 9.18. The second-order valence-electron chi connectivity index (χ2n) is 8.39. The number of sulfone groups is 1. The zero-order valence-corrected chi connectivity index (χ0v) is 22.0. The Morgan fingerprint density at radius 3 is 2.53 bits per heavy atom. The Balaban J connectivity index is 1.57. The molecule has 11 heteroatoms. The number of benzene rings is 2. The van der Waals surface area contributed by atoms with Crippen molar-refractivity contribution in [3.05, 3.63) is 65.2 Å². The zero-order valence-electron chi connectivity index (χ0n) is 19.6. The molecule has 0 unspecified atom stereocenters. The molecule has 0 aliphatic carbocycles. The third-order valence-electron chi connectivity index (χ3n) is 6.10. The summed E-state index contributed by atoms with van der Waals surface area (Å²) in [5, 5.41) is 4.81. The van der Waals surface area contributed by atoms with Crippen molar-refractivity contribution < 1.29 is 22.7 Å². The Hall–Kier alpha value is -3.15. The van der Waals surface area contributed by atoms with Gasteiger partial charge in [0.15, 0.2) is 21.3 Å². The van der Waals surface area contributed by atoms with E-state index in [0.29, 0.717) is 38.4 Å². The van der Waals surface area contributed by atoms with E-state index in [1.807, 2.05) is 48.7 Å². The van der Waals surface area contributed by atoms with Crippen LogP contribution in [0.1, 0.15) is 12.0 Å². The van der Waals surface area contributed by atoms with E-state index in [1.165, 1.54) is 16.7 Å². The van der Waals surface area contributed by atoms with Gasteiger partial charge < -0.3 is 9.47 Å². The van der Waals surface area contributed by atoms with Gasteiger partial charge in [0, 0.05) is 17.3 Å². The highest BCUT2D eigenvalue weighted by atomic mass is 32.2. The Labute approximate surface area is 218 Å². The van der Waals surface area contributed by atoms with Crippen molar-refractivity contribution in [1.29, 1.82) is 0 Å². The van der Waals surface area contributed by atoms with E-state index in [2.05, 4.69) is 0 Å². The molecule has 2 aliphatic rings. The number of carbonyl (C=O) groups excluding carboxylic acids is 1. The maximum Gasteiger partial charge on any atom is 0.266 e. The summed E-state index contributed by atoms with van der Waals surface area (Å²) in [6.45, 7) is 0. The molecule has 0 saturated carbocycles. The summed E-state index contributed by atoms with van der Waals surface area (Å²) in [5.74, 6) is 0.885. The average Bonchev–Trinajstić information content (AvgIpc) is 3.54. The summed E-state index contributed by atoms with van der Waals surface area (Å²) in [4.78, 5) is 15.2. The van der Waals surface area contributed by atoms with Gasteiger partial charge in [0.05, 0.1) is 42.4 Å². The van der Waals surface area contributed by atoms with Gasteiger partial charge >= 0.3 is 0 Å². The number of rotatable bonds is 6. The largest absolute Gasteiger partial charge is 0.493 e. The molecule has 0 N–H and O–H groups in total. The number of thiocarbonyl (C=S) groups is 1. The molecule has 5 rings (SSSR count). The summed E-state index contributed by atoms with van der Waals surface area (Å²) in [7, 11) is -0.0131. The molecule has 3 heterocycles. The van der Waals surface area contributed by atoms with E-state index in [-0.39, 0.29) is 17.4 Å². The first-order chi connectivity index (χ1) is 17.3. The predicted octanol–water partition coefficient (Wildman–Crippen LogP) is 3.94. The smallest absolute Gasteiger partial charge is 0.266 e. The highest BCUT2D eigenvalue weighted by Gasteiger charge is 2.42. The maximum atomic E-state index is 13.3. The fourth-order valence-corrected chi connectivity index (χ4v) is 7.42. The predicted molar refractivity (Wildman–Crippen MR) is 144 cm³/mol. The normalized spacial score (nSPS) is 20.3. The molecule has 2 aliphatic heterocycles. The van der Waals surface area contributed by atoms with Crippen LogP contribution >= 0.6 is 24.0 Å². The van der Waals surface area contributed by atoms with Gasteiger partial charge in [-0.15, -0.1) is 0 Å². The number of hydrogen-bond donors (Lipinski definition) is 0. The second-order valence-corrected chi connectivity index (χ2v) is 12.3. The summed E-state index contributed by atoms with van der Waals surface area (Å²) >= 11 is 6.65. The lowest BCUT2D eigenvalue weighted by atomic mass is 10.1. The van der Waals surface area contributed by atoms with Crippen molar-refractivity contribution in [3.63, 3.8) is 0 Å². The molecule has 1 atom stereocenters.